The molecule has 172 valence electrons. The molecule has 7 heteroatoms. The van der Waals surface area contributed by atoms with E-state index in [2.05, 4.69) is 5.32 Å². The lowest BCUT2D eigenvalue weighted by molar-refractivity contribution is -0.118. The van der Waals surface area contributed by atoms with Gasteiger partial charge in [0.15, 0.2) is 17.3 Å². The maximum absolute atomic E-state index is 13.5. The highest BCUT2D eigenvalue weighted by molar-refractivity contribution is 6.23. The molecule has 2 amide bonds. The van der Waals surface area contributed by atoms with Gasteiger partial charge in [0.2, 0.25) is 0 Å². The fourth-order valence-corrected chi connectivity index (χ4v) is 4.46. The number of ether oxygens (including phenoxy) is 2. The van der Waals surface area contributed by atoms with E-state index in [-0.39, 0.29) is 11.7 Å². The monoisotopic (exact) mass is 448 g/mol. The summed E-state index contributed by atoms with van der Waals surface area (Å²) in [6.45, 7) is 4.59. The molecule has 1 N–H and O–H groups in total. The first-order valence-electron chi connectivity index (χ1n) is 11.1. The lowest BCUT2D eigenvalue weighted by Gasteiger charge is -2.27. The second kappa shape index (κ2) is 9.10. The summed E-state index contributed by atoms with van der Waals surface area (Å²) in [6.07, 6.45) is 2.67. The van der Waals surface area contributed by atoms with Crippen LogP contribution < -0.4 is 14.8 Å². The normalized spacial score (nSPS) is 17.0. The minimum atomic E-state index is -0.878. The second-order valence-electron chi connectivity index (χ2n) is 8.67. The molecule has 0 aliphatic carbocycles. The van der Waals surface area contributed by atoms with Crippen LogP contribution in [0.5, 0.6) is 11.5 Å². The highest BCUT2D eigenvalue weighted by atomic mass is 16.5. The predicted molar refractivity (Wildman–Crippen MR) is 124 cm³/mol. The van der Waals surface area contributed by atoms with Crippen LogP contribution in [0.15, 0.2) is 42.5 Å². The van der Waals surface area contributed by atoms with Gasteiger partial charge in [-0.2, -0.15) is 0 Å². The average molecular weight is 449 g/mol. The molecule has 4 rings (SSSR count). The maximum Gasteiger partial charge on any atom is 0.262 e. The number of fused-ring (bicyclic) bond motifs is 2. The zero-order valence-corrected chi connectivity index (χ0v) is 19.3. The Kier molecular flexibility index (Phi) is 6.22. The number of amides is 2. The third-order valence-corrected chi connectivity index (χ3v) is 6.06. The summed E-state index contributed by atoms with van der Waals surface area (Å²) < 4.78 is 10.8. The van der Waals surface area contributed by atoms with E-state index in [1.54, 1.807) is 38.5 Å². The Morgan fingerprint density at radius 2 is 1.64 bits per heavy atom. The number of ketones is 1. The Labute approximate surface area is 193 Å². The SMILES string of the molecule is COc1cc2c(cc1OC)C(=CC(=O)[C@H](CC(C)C)N1C(=O)c3ccccc3C1=O)NCC2. The number of carbonyl (C=O) groups is 3. The smallest absolute Gasteiger partial charge is 0.262 e. The van der Waals surface area contributed by atoms with Gasteiger partial charge in [0.1, 0.15) is 6.04 Å². The predicted octanol–water partition coefficient (Wildman–Crippen LogP) is 3.47. The maximum atomic E-state index is 13.5. The van der Waals surface area contributed by atoms with E-state index in [4.69, 9.17) is 9.47 Å². The van der Waals surface area contributed by atoms with Crippen LogP contribution in [-0.2, 0) is 11.2 Å². The summed E-state index contributed by atoms with van der Waals surface area (Å²) in [6, 6.07) is 9.59. The molecule has 2 aromatic rings. The van der Waals surface area contributed by atoms with Gasteiger partial charge in [0.25, 0.3) is 11.8 Å². The third-order valence-electron chi connectivity index (χ3n) is 6.06. The number of imide groups is 1. The summed E-state index contributed by atoms with van der Waals surface area (Å²) in [5.74, 6) is 0.179. The minimum Gasteiger partial charge on any atom is -0.493 e. The van der Waals surface area contributed by atoms with Crippen LogP contribution in [0.25, 0.3) is 5.70 Å². The molecule has 2 aromatic carbocycles. The molecule has 2 heterocycles. The van der Waals surface area contributed by atoms with Crippen LogP contribution in [0.2, 0.25) is 0 Å². The van der Waals surface area contributed by atoms with E-state index >= 15 is 0 Å². The largest absolute Gasteiger partial charge is 0.493 e. The van der Waals surface area contributed by atoms with Crippen LogP contribution in [0.1, 0.15) is 52.1 Å². The highest BCUT2D eigenvalue weighted by Gasteiger charge is 2.42. The molecule has 0 unspecified atom stereocenters. The van der Waals surface area contributed by atoms with Crippen molar-refractivity contribution in [1.29, 1.82) is 0 Å². The van der Waals surface area contributed by atoms with Crippen LogP contribution in [-0.4, -0.2) is 49.3 Å². The Bertz CT molecular complexity index is 1120. The summed E-state index contributed by atoms with van der Waals surface area (Å²) in [4.78, 5) is 40.8. The van der Waals surface area contributed by atoms with Gasteiger partial charge in [0, 0.05) is 23.9 Å². The number of nitrogens with zero attached hydrogens (tertiary/aromatic N) is 1. The highest BCUT2D eigenvalue weighted by Crippen LogP contribution is 2.35. The van der Waals surface area contributed by atoms with Crippen molar-refractivity contribution in [3.8, 4) is 11.5 Å². The van der Waals surface area contributed by atoms with Gasteiger partial charge in [-0.25, -0.2) is 0 Å². The quantitative estimate of drug-likeness (QED) is 0.516. The number of hydrogen-bond donors (Lipinski definition) is 1. The molecule has 1 atom stereocenters. The summed E-state index contributed by atoms with van der Waals surface area (Å²) in [5.41, 5.74) is 3.21. The molecule has 0 radical (unpaired) electrons. The Morgan fingerprint density at radius 1 is 1.03 bits per heavy atom. The Morgan fingerprint density at radius 3 is 2.21 bits per heavy atom. The van der Waals surface area contributed by atoms with Crippen molar-refractivity contribution < 1.29 is 23.9 Å². The van der Waals surface area contributed by atoms with Gasteiger partial charge in [0.05, 0.1) is 25.3 Å². The number of benzene rings is 2. The summed E-state index contributed by atoms with van der Waals surface area (Å²) >= 11 is 0. The van der Waals surface area contributed by atoms with Crippen LogP contribution >= 0.6 is 0 Å². The molecular formula is C26H28N2O5. The van der Waals surface area contributed by atoms with Gasteiger partial charge in [-0.1, -0.05) is 26.0 Å². The molecular weight excluding hydrogens is 420 g/mol. The first-order chi connectivity index (χ1) is 15.8. The third kappa shape index (κ3) is 4.11. The molecule has 0 fully saturated rings. The van der Waals surface area contributed by atoms with Gasteiger partial charge >= 0.3 is 0 Å². The van der Waals surface area contributed by atoms with Crippen LogP contribution in [0.4, 0.5) is 0 Å². The van der Waals surface area contributed by atoms with Gasteiger partial charge in [-0.05, 0) is 48.6 Å². The van der Waals surface area contributed by atoms with E-state index in [1.807, 2.05) is 26.0 Å². The van der Waals surface area contributed by atoms with Crippen molar-refractivity contribution in [2.45, 2.75) is 32.7 Å². The standard InChI is InChI=1S/C26H28N2O5/c1-15(2)11-21(28-25(30)17-7-5-6-8-18(17)26(28)31)22(29)14-20-19-13-24(33-4)23(32-3)12-16(19)9-10-27-20/h5-8,12-15,21,27H,9-11H2,1-4H3/t21-/m0/s1. The Hall–Kier alpha value is -3.61. The molecule has 0 bridgehead atoms. The number of carbonyl (C=O) groups excluding carboxylic acids is 3. The van der Waals surface area contributed by atoms with Crippen molar-refractivity contribution in [3.05, 3.63) is 64.7 Å². The van der Waals surface area contributed by atoms with Crippen molar-refractivity contribution >= 4 is 23.3 Å². The topological polar surface area (TPSA) is 84.9 Å². The lowest BCUT2D eigenvalue weighted by Crippen LogP contribution is -2.45. The first kappa shape index (κ1) is 22.6. The van der Waals surface area contributed by atoms with E-state index < -0.39 is 17.9 Å². The number of methoxy groups -OCH3 is 2. The summed E-state index contributed by atoms with van der Waals surface area (Å²) in [7, 11) is 3.15. The number of hydrogen-bond acceptors (Lipinski definition) is 6. The zero-order chi connectivity index (χ0) is 23.7. The van der Waals surface area contributed by atoms with E-state index in [9.17, 15) is 14.4 Å². The number of nitrogens with one attached hydrogen (secondary N) is 1. The van der Waals surface area contributed by atoms with Crippen molar-refractivity contribution in [2.24, 2.45) is 5.92 Å². The van der Waals surface area contributed by atoms with Crippen LogP contribution in [0.3, 0.4) is 0 Å². The zero-order valence-electron chi connectivity index (χ0n) is 19.3. The molecule has 7 nitrogen and oxygen atoms in total. The van der Waals surface area contributed by atoms with Crippen molar-refractivity contribution in [2.75, 3.05) is 20.8 Å². The van der Waals surface area contributed by atoms with E-state index in [0.717, 1.165) is 22.4 Å². The fraction of sp³-hybridized carbons (Fsp3) is 0.346. The Balaban J connectivity index is 1.71. The molecule has 0 aromatic heterocycles. The van der Waals surface area contributed by atoms with Gasteiger partial charge < -0.3 is 14.8 Å². The van der Waals surface area contributed by atoms with Gasteiger partial charge in [-0.3, -0.25) is 19.3 Å². The number of rotatable bonds is 7. The van der Waals surface area contributed by atoms with Gasteiger partial charge in [-0.15, -0.1) is 0 Å². The fourth-order valence-electron chi connectivity index (χ4n) is 4.46. The molecule has 0 spiro atoms. The van der Waals surface area contributed by atoms with Crippen molar-refractivity contribution in [3.63, 3.8) is 0 Å². The van der Waals surface area contributed by atoms with Crippen LogP contribution in [0, 0.1) is 5.92 Å². The minimum absolute atomic E-state index is 0.109. The molecule has 0 saturated heterocycles. The first-order valence-corrected chi connectivity index (χ1v) is 11.1. The van der Waals surface area contributed by atoms with Crippen molar-refractivity contribution in [1.82, 2.24) is 10.2 Å². The molecule has 33 heavy (non-hydrogen) atoms. The molecule has 0 saturated carbocycles. The average Bonchev–Trinajstić information content (AvgIpc) is 3.06. The molecule has 2 aliphatic heterocycles. The lowest BCUT2D eigenvalue weighted by atomic mass is 9.93. The second-order valence-corrected chi connectivity index (χ2v) is 8.67. The molecule has 2 aliphatic rings. The van der Waals surface area contributed by atoms with E-state index in [0.29, 0.717) is 41.3 Å². The van der Waals surface area contributed by atoms with E-state index in [1.165, 1.54) is 6.08 Å². The summed E-state index contributed by atoms with van der Waals surface area (Å²) in [5, 5.41) is 3.29.